The van der Waals surface area contributed by atoms with Crippen molar-refractivity contribution in [3.05, 3.63) is 66.5 Å². The average Bonchev–Trinajstić information content (AvgIpc) is 3.43. The number of nitrogens with zero attached hydrogens (tertiary/aromatic N) is 7. The average molecular weight is 447 g/mol. The highest BCUT2D eigenvalue weighted by Gasteiger charge is 2.19. The monoisotopic (exact) mass is 447 g/mol. The molecule has 0 radical (unpaired) electrons. The van der Waals surface area contributed by atoms with E-state index in [4.69, 9.17) is 4.74 Å². The Balaban J connectivity index is 1.54. The minimum absolute atomic E-state index is 0.338. The highest BCUT2D eigenvalue weighted by Crippen LogP contribution is 2.33. The van der Waals surface area contributed by atoms with E-state index in [9.17, 15) is 4.39 Å². The Hall–Kier alpha value is -3.79. The van der Waals surface area contributed by atoms with Crippen LogP contribution in [-0.2, 0) is 6.54 Å². The Morgan fingerprint density at radius 2 is 1.62 bits per heavy atom. The highest BCUT2D eigenvalue weighted by atomic mass is 32.2. The Morgan fingerprint density at radius 3 is 2.41 bits per heavy atom. The minimum Gasteiger partial charge on any atom is -0.496 e. The number of rotatable bonds is 6. The Morgan fingerprint density at radius 1 is 0.875 bits per heavy atom. The first-order chi connectivity index (χ1) is 15.7. The maximum absolute atomic E-state index is 14.3. The molecule has 10 heteroatoms. The summed E-state index contributed by atoms with van der Waals surface area (Å²) in [5.41, 5.74) is 1.73. The van der Waals surface area contributed by atoms with Gasteiger partial charge in [0.05, 0.1) is 18.2 Å². The third-order valence-electron chi connectivity index (χ3n) is 4.93. The van der Waals surface area contributed by atoms with Crippen LogP contribution in [0.3, 0.4) is 0 Å². The molecule has 0 fully saturated rings. The van der Waals surface area contributed by atoms with Crippen molar-refractivity contribution in [3.8, 4) is 28.5 Å². The molecule has 0 aliphatic heterocycles. The zero-order valence-corrected chi connectivity index (χ0v) is 18.1. The van der Waals surface area contributed by atoms with Crippen LogP contribution in [-0.4, -0.2) is 41.7 Å². The van der Waals surface area contributed by atoms with Crippen molar-refractivity contribution in [1.29, 1.82) is 0 Å². The maximum atomic E-state index is 14.3. The standard InChI is InChI=1S/C22H18FN7OS/c1-3-29-20(15-9-5-7-11-17(15)31-2)25-27-22(29)32-19-13-12-18-24-26-21(30(18)28-19)14-8-4-6-10-16(14)23/h4-13H,3H2,1-2H3. The van der Waals surface area contributed by atoms with Crippen molar-refractivity contribution < 1.29 is 9.13 Å². The fraction of sp³-hybridized carbons (Fsp3) is 0.136. The summed E-state index contributed by atoms with van der Waals surface area (Å²) >= 11 is 1.36. The van der Waals surface area contributed by atoms with Gasteiger partial charge in [0.15, 0.2) is 22.5 Å². The van der Waals surface area contributed by atoms with E-state index in [0.29, 0.717) is 39.6 Å². The van der Waals surface area contributed by atoms with Gasteiger partial charge in [0.25, 0.3) is 0 Å². The summed E-state index contributed by atoms with van der Waals surface area (Å²) in [4.78, 5) is 0. The molecule has 160 valence electrons. The second-order valence-electron chi connectivity index (χ2n) is 6.80. The van der Waals surface area contributed by atoms with Gasteiger partial charge in [-0.05, 0) is 55.1 Å². The molecular formula is C22H18FN7OS. The SMILES string of the molecule is CCn1c(Sc2ccc3nnc(-c4ccccc4F)n3n2)nnc1-c1ccccc1OC. The summed E-state index contributed by atoms with van der Waals surface area (Å²) in [6, 6.07) is 17.7. The van der Waals surface area contributed by atoms with E-state index < -0.39 is 0 Å². The molecule has 3 aromatic heterocycles. The van der Waals surface area contributed by atoms with Crippen LogP contribution >= 0.6 is 11.8 Å². The lowest BCUT2D eigenvalue weighted by atomic mass is 10.2. The third kappa shape index (κ3) is 3.48. The van der Waals surface area contributed by atoms with Gasteiger partial charge in [-0.25, -0.2) is 4.39 Å². The normalized spacial score (nSPS) is 11.2. The number of fused-ring (bicyclic) bond motifs is 1. The van der Waals surface area contributed by atoms with Crippen LogP contribution in [0.4, 0.5) is 4.39 Å². The van der Waals surface area contributed by atoms with Gasteiger partial charge >= 0.3 is 0 Å². The second kappa shape index (κ2) is 8.39. The zero-order chi connectivity index (χ0) is 22.1. The van der Waals surface area contributed by atoms with Crippen LogP contribution in [0.5, 0.6) is 5.75 Å². The largest absolute Gasteiger partial charge is 0.496 e. The van der Waals surface area contributed by atoms with Gasteiger partial charge in [0.2, 0.25) is 0 Å². The van der Waals surface area contributed by atoms with Crippen molar-refractivity contribution in [2.24, 2.45) is 0 Å². The molecule has 5 rings (SSSR count). The summed E-state index contributed by atoms with van der Waals surface area (Å²) in [5.74, 6) is 1.40. The lowest BCUT2D eigenvalue weighted by Crippen LogP contribution is -2.02. The molecular weight excluding hydrogens is 429 g/mol. The second-order valence-corrected chi connectivity index (χ2v) is 7.79. The number of halogens is 1. The molecule has 0 aliphatic rings. The molecule has 0 saturated heterocycles. The molecule has 5 aromatic rings. The molecule has 2 aromatic carbocycles. The van der Waals surface area contributed by atoms with E-state index in [1.807, 2.05) is 41.8 Å². The van der Waals surface area contributed by atoms with Crippen LogP contribution < -0.4 is 4.74 Å². The molecule has 32 heavy (non-hydrogen) atoms. The topological polar surface area (TPSA) is 83.0 Å². The predicted octanol–water partition coefficient (Wildman–Crippen LogP) is 4.37. The number of ether oxygens (including phenoxy) is 1. The van der Waals surface area contributed by atoms with Crippen LogP contribution in [0.15, 0.2) is 70.8 Å². The molecule has 0 atom stereocenters. The summed E-state index contributed by atoms with van der Waals surface area (Å²) in [6.07, 6.45) is 0. The molecule has 0 spiro atoms. The van der Waals surface area contributed by atoms with E-state index >= 15 is 0 Å². The van der Waals surface area contributed by atoms with Crippen molar-refractivity contribution in [3.63, 3.8) is 0 Å². The van der Waals surface area contributed by atoms with Crippen molar-refractivity contribution in [2.75, 3.05) is 7.11 Å². The van der Waals surface area contributed by atoms with Crippen molar-refractivity contribution in [2.45, 2.75) is 23.7 Å². The molecule has 0 aliphatic carbocycles. The third-order valence-corrected chi connectivity index (χ3v) is 5.84. The van der Waals surface area contributed by atoms with Gasteiger partial charge in [-0.2, -0.15) is 9.61 Å². The van der Waals surface area contributed by atoms with Gasteiger partial charge in [0, 0.05) is 6.54 Å². The number of para-hydroxylation sites is 1. The number of methoxy groups -OCH3 is 1. The van der Waals surface area contributed by atoms with Gasteiger partial charge in [-0.1, -0.05) is 24.3 Å². The maximum Gasteiger partial charge on any atom is 0.197 e. The molecule has 0 saturated carbocycles. The molecule has 3 heterocycles. The van der Waals surface area contributed by atoms with Gasteiger partial charge in [0.1, 0.15) is 16.6 Å². The molecule has 0 unspecified atom stereocenters. The van der Waals surface area contributed by atoms with Crippen LogP contribution in [0.25, 0.3) is 28.4 Å². The van der Waals surface area contributed by atoms with Crippen LogP contribution in [0.2, 0.25) is 0 Å². The summed E-state index contributed by atoms with van der Waals surface area (Å²) in [7, 11) is 1.63. The molecule has 0 N–H and O–H groups in total. The Labute approximate surface area is 187 Å². The molecule has 0 bridgehead atoms. The van der Waals surface area contributed by atoms with E-state index in [-0.39, 0.29) is 5.82 Å². The number of benzene rings is 2. The van der Waals surface area contributed by atoms with E-state index in [2.05, 4.69) is 25.5 Å². The fourth-order valence-electron chi connectivity index (χ4n) is 3.41. The van der Waals surface area contributed by atoms with Gasteiger partial charge in [-0.3, -0.25) is 0 Å². The van der Waals surface area contributed by atoms with Crippen LogP contribution in [0, 0.1) is 5.82 Å². The lowest BCUT2D eigenvalue weighted by Gasteiger charge is -2.10. The molecule has 0 amide bonds. The van der Waals surface area contributed by atoms with Crippen molar-refractivity contribution >= 4 is 17.4 Å². The number of hydrogen-bond acceptors (Lipinski definition) is 7. The lowest BCUT2D eigenvalue weighted by molar-refractivity contribution is 0.416. The summed E-state index contributed by atoms with van der Waals surface area (Å²) < 4.78 is 23.3. The predicted molar refractivity (Wildman–Crippen MR) is 118 cm³/mol. The Kier molecular flexibility index (Phi) is 5.28. The van der Waals surface area contributed by atoms with E-state index in [1.54, 1.807) is 31.4 Å². The first kappa shape index (κ1) is 20.1. The summed E-state index contributed by atoms with van der Waals surface area (Å²) in [6.45, 7) is 2.69. The number of aromatic nitrogens is 7. The smallest absolute Gasteiger partial charge is 0.197 e. The Bertz CT molecular complexity index is 1410. The fourth-order valence-corrected chi connectivity index (χ4v) is 4.26. The quantitative estimate of drug-likeness (QED) is 0.382. The van der Waals surface area contributed by atoms with Crippen molar-refractivity contribution in [1.82, 2.24) is 34.6 Å². The van der Waals surface area contributed by atoms with Gasteiger partial charge < -0.3 is 9.30 Å². The zero-order valence-electron chi connectivity index (χ0n) is 17.3. The first-order valence-electron chi connectivity index (χ1n) is 9.91. The van der Waals surface area contributed by atoms with Gasteiger partial charge in [-0.15, -0.1) is 20.4 Å². The first-order valence-corrected chi connectivity index (χ1v) is 10.7. The summed E-state index contributed by atoms with van der Waals surface area (Å²) in [5, 5.41) is 23.0. The van der Waals surface area contributed by atoms with E-state index in [1.165, 1.54) is 22.3 Å². The number of hydrogen-bond donors (Lipinski definition) is 0. The van der Waals surface area contributed by atoms with E-state index in [0.717, 1.165) is 11.3 Å². The minimum atomic E-state index is -0.381. The van der Waals surface area contributed by atoms with Crippen LogP contribution in [0.1, 0.15) is 6.92 Å². The highest BCUT2D eigenvalue weighted by molar-refractivity contribution is 7.99. The molecule has 8 nitrogen and oxygen atoms in total.